The summed E-state index contributed by atoms with van der Waals surface area (Å²) in [6, 6.07) is 10.2. The third-order valence-electron chi connectivity index (χ3n) is 2.63. The van der Waals surface area contributed by atoms with E-state index in [-0.39, 0.29) is 6.29 Å². The van der Waals surface area contributed by atoms with Crippen molar-refractivity contribution in [3.05, 3.63) is 39.6 Å². The maximum absolute atomic E-state index is 5.54. The molecule has 1 heterocycles. The summed E-state index contributed by atoms with van der Waals surface area (Å²) in [6.07, 6.45) is -0.375. The Balaban J connectivity index is 2.19. The lowest BCUT2D eigenvalue weighted by molar-refractivity contribution is -0.142. The van der Waals surface area contributed by atoms with E-state index in [0.29, 0.717) is 13.2 Å². The van der Waals surface area contributed by atoms with Crippen LogP contribution in [0.4, 0.5) is 0 Å². The van der Waals surface area contributed by atoms with Gasteiger partial charge in [-0.15, -0.1) is 0 Å². The Morgan fingerprint density at radius 3 is 2.37 bits per heavy atom. The highest BCUT2D eigenvalue weighted by Gasteiger charge is 2.15. The molecule has 0 atom stereocenters. The average Bonchev–Trinajstić information content (AvgIpc) is 2.89. The second kappa shape index (κ2) is 7.02. The van der Waals surface area contributed by atoms with Crippen LogP contribution in [0.2, 0.25) is 0 Å². The largest absolute Gasteiger partial charge is 0.347 e. The zero-order valence-corrected chi connectivity index (χ0v) is 13.2. The highest BCUT2D eigenvalue weighted by molar-refractivity contribution is 14.1. The number of aromatic amines is 1. The smallest absolute Gasteiger partial charge is 0.200 e. The van der Waals surface area contributed by atoms with E-state index in [1.807, 2.05) is 19.9 Å². The van der Waals surface area contributed by atoms with Crippen molar-refractivity contribution in [3.8, 4) is 11.3 Å². The number of nitrogens with zero attached hydrogens (tertiary/aromatic N) is 1. The van der Waals surface area contributed by atoms with Crippen molar-refractivity contribution in [2.24, 2.45) is 0 Å². The summed E-state index contributed by atoms with van der Waals surface area (Å²) in [5.74, 6) is 0. The van der Waals surface area contributed by atoms with Crippen molar-refractivity contribution in [1.82, 2.24) is 10.2 Å². The summed E-state index contributed by atoms with van der Waals surface area (Å²) >= 11 is 2.29. The summed E-state index contributed by atoms with van der Waals surface area (Å²) in [4.78, 5) is 0. The fourth-order valence-corrected chi connectivity index (χ4v) is 2.12. The minimum Gasteiger partial charge on any atom is -0.347 e. The molecule has 0 fully saturated rings. The maximum atomic E-state index is 5.54. The summed E-state index contributed by atoms with van der Waals surface area (Å²) in [5, 5.41) is 7.30. The number of hydrogen-bond donors (Lipinski definition) is 1. The van der Waals surface area contributed by atoms with Crippen molar-refractivity contribution in [3.63, 3.8) is 0 Å². The fourth-order valence-electron chi connectivity index (χ4n) is 1.76. The van der Waals surface area contributed by atoms with Crippen molar-refractivity contribution in [1.29, 1.82) is 0 Å². The molecule has 102 valence electrons. The van der Waals surface area contributed by atoms with Gasteiger partial charge < -0.3 is 9.47 Å². The first-order valence-electron chi connectivity index (χ1n) is 6.29. The Morgan fingerprint density at radius 2 is 1.79 bits per heavy atom. The third-order valence-corrected chi connectivity index (χ3v) is 3.35. The Kier molecular flexibility index (Phi) is 5.35. The van der Waals surface area contributed by atoms with E-state index in [1.165, 1.54) is 3.57 Å². The molecule has 0 saturated carbocycles. The molecule has 2 rings (SSSR count). The van der Waals surface area contributed by atoms with Crippen LogP contribution in [0.5, 0.6) is 0 Å². The monoisotopic (exact) mass is 372 g/mol. The van der Waals surface area contributed by atoms with E-state index in [1.54, 1.807) is 0 Å². The van der Waals surface area contributed by atoms with Gasteiger partial charge in [-0.3, -0.25) is 5.10 Å². The lowest BCUT2D eigenvalue weighted by atomic mass is 10.1. The maximum Gasteiger partial charge on any atom is 0.200 e. The van der Waals surface area contributed by atoms with Crippen molar-refractivity contribution >= 4 is 22.6 Å². The first-order chi connectivity index (χ1) is 9.24. The molecule has 1 aromatic heterocycles. The van der Waals surface area contributed by atoms with Crippen LogP contribution in [0, 0.1) is 3.57 Å². The van der Waals surface area contributed by atoms with Crippen LogP contribution in [-0.2, 0) is 9.47 Å². The molecule has 4 nitrogen and oxygen atoms in total. The third kappa shape index (κ3) is 3.77. The van der Waals surface area contributed by atoms with Gasteiger partial charge in [0.25, 0.3) is 0 Å². The summed E-state index contributed by atoms with van der Waals surface area (Å²) in [5.41, 5.74) is 2.82. The molecule has 0 aliphatic carbocycles. The number of rotatable bonds is 6. The molecule has 1 N–H and O–H groups in total. The fraction of sp³-hybridized carbons (Fsp3) is 0.357. The summed E-state index contributed by atoms with van der Waals surface area (Å²) < 4.78 is 12.3. The number of halogens is 1. The SMILES string of the molecule is CCOC(OCC)c1cc(-c2ccc(I)cc2)n[nH]1. The van der Waals surface area contributed by atoms with Crippen molar-refractivity contribution in [2.75, 3.05) is 13.2 Å². The van der Waals surface area contributed by atoms with Gasteiger partial charge in [0.15, 0.2) is 6.29 Å². The Hall–Kier alpha value is -0.920. The van der Waals surface area contributed by atoms with Crippen LogP contribution in [0.25, 0.3) is 11.3 Å². The van der Waals surface area contributed by atoms with Crippen LogP contribution < -0.4 is 0 Å². The summed E-state index contributed by atoms with van der Waals surface area (Å²) in [6.45, 7) is 5.09. The van der Waals surface area contributed by atoms with Gasteiger partial charge in [0.05, 0.1) is 11.4 Å². The molecule has 1 aromatic carbocycles. The minimum atomic E-state index is -0.375. The zero-order valence-electron chi connectivity index (χ0n) is 11.0. The van der Waals surface area contributed by atoms with Crippen LogP contribution >= 0.6 is 22.6 Å². The van der Waals surface area contributed by atoms with Gasteiger partial charge in [-0.25, -0.2) is 0 Å². The highest BCUT2D eigenvalue weighted by atomic mass is 127. The summed E-state index contributed by atoms with van der Waals surface area (Å²) in [7, 11) is 0. The van der Waals surface area contributed by atoms with E-state index in [0.717, 1.165) is 17.0 Å². The normalized spacial score (nSPS) is 11.2. The van der Waals surface area contributed by atoms with E-state index in [4.69, 9.17) is 9.47 Å². The van der Waals surface area contributed by atoms with Crippen LogP contribution in [0.3, 0.4) is 0 Å². The van der Waals surface area contributed by atoms with Crippen molar-refractivity contribution < 1.29 is 9.47 Å². The van der Waals surface area contributed by atoms with Gasteiger partial charge in [-0.05, 0) is 54.6 Å². The van der Waals surface area contributed by atoms with E-state index in [9.17, 15) is 0 Å². The minimum absolute atomic E-state index is 0.375. The number of nitrogens with one attached hydrogen (secondary N) is 1. The Morgan fingerprint density at radius 1 is 1.16 bits per heavy atom. The Bertz CT molecular complexity index is 504. The van der Waals surface area contributed by atoms with Gasteiger partial charge in [0, 0.05) is 22.3 Å². The van der Waals surface area contributed by atoms with Gasteiger partial charge in [-0.2, -0.15) is 5.10 Å². The topological polar surface area (TPSA) is 47.1 Å². The van der Waals surface area contributed by atoms with Gasteiger partial charge in [-0.1, -0.05) is 12.1 Å². The molecule has 0 amide bonds. The number of aromatic nitrogens is 2. The molecule has 5 heteroatoms. The number of benzene rings is 1. The predicted octanol–water partition coefficient (Wildman–Crippen LogP) is 3.75. The standard InChI is InChI=1S/C14H17IN2O2/c1-3-18-14(19-4-2)13-9-12(16-17-13)10-5-7-11(15)8-6-10/h5-9,14H,3-4H2,1-2H3,(H,16,17). The first kappa shape index (κ1) is 14.5. The lowest BCUT2D eigenvalue weighted by Crippen LogP contribution is -2.09. The predicted molar refractivity (Wildman–Crippen MR) is 82.7 cm³/mol. The molecule has 0 spiro atoms. The molecule has 19 heavy (non-hydrogen) atoms. The molecule has 0 aliphatic heterocycles. The molecule has 0 radical (unpaired) electrons. The molecule has 2 aromatic rings. The van der Waals surface area contributed by atoms with Crippen LogP contribution in [0.15, 0.2) is 30.3 Å². The highest BCUT2D eigenvalue weighted by Crippen LogP contribution is 2.23. The van der Waals surface area contributed by atoms with Gasteiger partial charge >= 0.3 is 0 Å². The second-order valence-corrected chi connectivity index (χ2v) is 5.20. The molecule has 0 aliphatic rings. The molecular formula is C14H17IN2O2. The lowest BCUT2D eigenvalue weighted by Gasteiger charge is -2.14. The molecule has 0 saturated heterocycles. The number of hydrogen-bond acceptors (Lipinski definition) is 3. The van der Waals surface area contributed by atoms with Crippen LogP contribution in [-0.4, -0.2) is 23.4 Å². The Labute approximate surface area is 126 Å². The molecular weight excluding hydrogens is 355 g/mol. The van der Waals surface area contributed by atoms with E-state index >= 15 is 0 Å². The van der Waals surface area contributed by atoms with E-state index < -0.39 is 0 Å². The number of H-pyrrole nitrogens is 1. The van der Waals surface area contributed by atoms with Crippen LogP contribution in [0.1, 0.15) is 25.8 Å². The number of ether oxygens (including phenoxy) is 2. The van der Waals surface area contributed by atoms with Gasteiger partial charge in [0.1, 0.15) is 0 Å². The van der Waals surface area contributed by atoms with Gasteiger partial charge in [0.2, 0.25) is 0 Å². The molecule has 0 unspecified atom stereocenters. The quantitative estimate of drug-likeness (QED) is 0.621. The zero-order chi connectivity index (χ0) is 13.7. The van der Waals surface area contributed by atoms with Crippen molar-refractivity contribution in [2.45, 2.75) is 20.1 Å². The first-order valence-corrected chi connectivity index (χ1v) is 7.37. The second-order valence-electron chi connectivity index (χ2n) is 3.96. The average molecular weight is 372 g/mol. The van der Waals surface area contributed by atoms with E-state index in [2.05, 4.69) is 57.1 Å². The molecule has 0 bridgehead atoms.